The molecule has 0 aliphatic carbocycles. The van der Waals surface area contributed by atoms with Crippen LogP contribution in [0.3, 0.4) is 0 Å². The molecule has 0 bridgehead atoms. The number of hydrogen-bond acceptors (Lipinski definition) is 5. The monoisotopic (exact) mass is 291 g/mol. The minimum atomic E-state index is -2.42. The highest BCUT2D eigenvalue weighted by Gasteiger charge is 2.64. The van der Waals surface area contributed by atoms with Gasteiger partial charge in [-0.2, -0.15) is 5.06 Å². The summed E-state index contributed by atoms with van der Waals surface area (Å²) in [6.45, 7) is 2.17. The molecule has 114 valence electrons. The van der Waals surface area contributed by atoms with Gasteiger partial charge in [-0.1, -0.05) is 13.3 Å². The first kappa shape index (κ1) is 17.1. The van der Waals surface area contributed by atoms with Crippen LogP contribution < -0.4 is 0 Å². The van der Waals surface area contributed by atoms with Crippen LogP contribution in [0.15, 0.2) is 0 Å². The largest absolute Gasteiger partial charge is 0.396 e. The molecule has 0 aromatic heterocycles. The first-order chi connectivity index (χ1) is 9.07. The lowest BCUT2D eigenvalue weighted by atomic mass is 9.99. The van der Waals surface area contributed by atoms with Crippen LogP contribution in [0.5, 0.6) is 0 Å². The van der Waals surface area contributed by atoms with E-state index in [4.69, 9.17) is 18.4 Å². The Balaban J connectivity index is 3.23. The molecule has 6 heteroatoms. The van der Waals surface area contributed by atoms with Crippen molar-refractivity contribution in [3.8, 4) is 0 Å². The molecule has 1 aliphatic heterocycles. The molecule has 0 aromatic rings. The van der Waals surface area contributed by atoms with E-state index in [1.54, 1.807) is 28.4 Å². The Kier molecular flexibility index (Phi) is 6.42. The summed E-state index contributed by atoms with van der Waals surface area (Å²) < 4.78 is 17.9. The van der Waals surface area contributed by atoms with Gasteiger partial charge in [-0.25, -0.2) is 0 Å². The molecule has 1 heterocycles. The molecule has 2 unspecified atom stereocenters. The summed E-state index contributed by atoms with van der Waals surface area (Å²) in [7, 11) is 6.53. The standard InChI is InChI=1S/C13H29NO4Si/c1-7-10-13(15-3)12(14(2)16-4)9-8-11-19(13,17-5)18-6/h12H,7-11H2,1-6H3. The Morgan fingerprint density at radius 3 is 2.26 bits per heavy atom. The van der Waals surface area contributed by atoms with Crippen LogP contribution in [-0.4, -0.2) is 60.4 Å². The Morgan fingerprint density at radius 1 is 1.21 bits per heavy atom. The third-order valence-electron chi connectivity index (χ3n) is 4.54. The first-order valence-electron chi connectivity index (χ1n) is 6.99. The molecule has 1 rings (SSSR count). The number of rotatable bonds is 7. The summed E-state index contributed by atoms with van der Waals surface area (Å²) in [6, 6.07) is 1.14. The van der Waals surface area contributed by atoms with Crippen LogP contribution in [0.25, 0.3) is 0 Å². The summed E-state index contributed by atoms with van der Waals surface area (Å²) in [5.74, 6) is 0. The molecule has 0 N–H and O–H groups in total. The van der Waals surface area contributed by atoms with Crippen molar-refractivity contribution in [1.29, 1.82) is 0 Å². The summed E-state index contributed by atoms with van der Waals surface area (Å²) in [6.07, 6.45) is 4.08. The molecule has 0 aromatic carbocycles. The number of likely N-dealkylation sites (N-methyl/N-ethyl adjacent to an activating group) is 1. The van der Waals surface area contributed by atoms with Gasteiger partial charge in [-0.05, 0) is 25.3 Å². The van der Waals surface area contributed by atoms with Gasteiger partial charge in [0.2, 0.25) is 0 Å². The SMILES string of the molecule is CCCC1(OC)C(N(C)OC)CCC[Si]1(OC)OC. The Hall–Kier alpha value is 0.0169. The average Bonchev–Trinajstić information content (AvgIpc) is 2.46. The molecule has 19 heavy (non-hydrogen) atoms. The van der Waals surface area contributed by atoms with Crippen molar-refractivity contribution in [3.63, 3.8) is 0 Å². The fraction of sp³-hybridized carbons (Fsp3) is 1.00. The van der Waals surface area contributed by atoms with Crippen molar-refractivity contribution in [1.82, 2.24) is 5.06 Å². The van der Waals surface area contributed by atoms with Crippen LogP contribution in [0, 0.1) is 0 Å². The van der Waals surface area contributed by atoms with E-state index in [1.807, 2.05) is 12.1 Å². The van der Waals surface area contributed by atoms with E-state index >= 15 is 0 Å². The summed E-state index contributed by atoms with van der Waals surface area (Å²) in [5.41, 5.74) is 0. The second kappa shape index (κ2) is 7.15. The van der Waals surface area contributed by atoms with E-state index in [2.05, 4.69) is 6.92 Å². The topological polar surface area (TPSA) is 40.2 Å². The maximum Gasteiger partial charge on any atom is 0.372 e. The van der Waals surface area contributed by atoms with E-state index in [9.17, 15) is 0 Å². The zero-order valence-electron chi connectivity index (χ0n) is 13.2. The molecule has 2 atom stereocenters. The number of methoxy groups -OCH3 is 1. The van der Waals surface area contributed by atoms with Crippen molar-refractivity contribution >= 4 is 8.56 Å². The van der Waals surface area contributed by atoms with Gasteiger partial charge in [-0.3, -0.25) is 0 Å². The molecule has 0 spiro atoms. The molecule has 0 radical (unpaired) electrons. The molecule has 1 aliphatic rings. The quantitative estimate of drug-likeness (QED) is 0.531. The molecule has 0 saturated carbocycles. The van der Waals surface area contributed by atoms with Crippen molar-refractivity contribution in [2.24, 2.45) is 0 Å². The number of hydrogen-bond donors (Lipinski definition) is 0. The minimum Gasteiger partial charge on any atom is -0.396 e. The lowest BCUT2D eigenvalue weighted by Gasteiger charge is -2.53. The predicted molar refractivity (Wildman–Crippen MR) is 77.0 cm³/mol. The van der Waals surface area contributed by atoms with Crippen LogP contribution in [0.2, 0.25) is 6.04 Å². The third-order valence-corrected chi connectivity index (χ3v) is 8.95. The fourth-order valence-corrected chi connectivity index (χ4v) is 7.72. The fourth-order valence-electron chi connectivity index (χ4n) is 3.58. The van der Waals surface area contributed by atoms with Gasteiger partial charge in [-0.15, -0.1) is 0 Å². The van der Waals surface area contributed by atoms with Gasteiger partial charge in [0, 0.05) is 28.4 Å². The van der Waals surface area contributed by atoms with Gasteiger partial charge < -0.3 is 18.4 Å². The van der Waals surface area contributed by atoms with Crippen molar-refractivity contribution in [2.75, 3.05) is 35.5 Å². The van der Waals surface area contributed by atoms with E-state index < -0.39 is 8.56 Å². The van der Waals surface area contributed by atoms with Crippen molar-refractivity contribution < 1.29 is 18.4 Å². The second-order valence-electron chi connectivity index (χ2n) is 5.14. The zero-order chi connectivity index (χ0) is 14.5. The van der Waals surface area contributed by atoms with E-state index in [0.717, 1.165) is 31.7 Å². The predicted octanol–water partition coefficient (Wildman–Crippen LogP) is 2.10. The lowest BCUT2D eigenvalue weighted by Crippen LogP contribution is -2.73. The van der Waals surface area contributed by atoms with E-state index in [-0.39, 0.29) is 11.3 Å². The van der Waals surface area contributed by atoms with Gasteiger partial charge in [0.15, 0.2) is 0 Å². The number of hydroxylamine groups is 2. The Morgan fingerprint density at radius 2 is 1.84 bits per heavy atom. The lowest BCUT2D eigenvalue weighted by molar-refractivity contribution is -0.196. The normalized spacial score (nSPS) is 30.8. The minimum absolute atomic E-state index is 0.169. The van der Waals surface area contributed by atoms with Crippen LogP contribution in [-0.2, 0) is 18.4 Å². The number of ether oxygens (including phenoxy) is 1. The summed E-state index contributed by atoms with van der Waals surface area (Å²) in [5, 5.41) is 1.52. The summed E-state index contributed by atoms with van der Waals surface area (Å²) in [4.78, 5) is 5.44. The van der Waals surface area contributed by atoms with Crippen molar-refractivity contribution in [3.05, 3.63) is 0 Å². The zero-order valence-corrected chi connectivity index (χ0v) is 14.2. The van der Waals surface area contributed by atoms with Crippen LogP contribution in [0.4, 0.5) is 0 Å². The molecular formula is C13H29NO4Si. The molecule has 1 fully saturated rings. The maximum atomic E-state index is 6.04. The highest BCUT2D eigenvalue weighted by Crippen LogP contribution is 2.44. The van der Waals surface area contributed by atoms with Crippen LogP contribution in [0.1, 0.15) is 32.6 Å². The van der Waals surface area contributed by atoms with Gasteiger partial charge in [0.05, 0.1) is 13.2 Å². The molecule has 0 amide bonds. The number of nitrogens with zero attached hydrogens (tertiary/aromatic N) is 1. The van der Waals surface area contributed by atoms with Crippen LogP contribution >= 0.6 is 0 Å². The average molecular weight is 291 g/mol. The third kappa shape index (κ3) is 2.75. The van der Waals surface area contributed by atoms with Gasteiger partial charge in [0.25, 0.3) is 0 Å². The van der Waals surface area contributed by atoms with E-state index in [0.29, 0.717) is 0 Å². The molecular weight excluding hydrogens is 262 g/mol. The highest BCUT2D eigenvalue weighted by molar-refractivity contribution is 6.71. The van der Waals surface area contributed by atoms with Crippen molar-refractivity contribution in [2.45, 2.75) is 49.9 Å². The first-order valence-corrected chi connectivity index (χ1v) is 9.02. The smallest absolute Gasteiger partial charge is 0.372 e. The second-order valence-corrected chi connectivity index (χ2v) is 8.81. The summed E-state index contributed by atoms with van der Waals surface area (Å²) >= 11 is 0. The molecule has 1 saturated heterocycles. The van der Waals surface area contributed by atoms with Gasteiger partial charge in [0.1, 0.15) is 5.22 Å². The highest BCUT2D eigenvalue weighted by atomic mass is 28.4. The Bertz CT molecular complexity index is 275. The van der Waals surface area contributed by atoms with E-state index in [1.165, 1.54) is 0 Å². The molecule has 5 nitrogen and oxygen atoms in total. The maximum absolute atomic E-state index is 6.04. The van der Waals surface area contributed by atoms with Gasteiger partial charge >= 0.3 is 8.56 Å². The Labute approximate surface area is 118 Å².